The number of rotatable bonds is 4. The maximum atomic E-state index is 12.0. The number of aromatic nitrogens is 3. The smallest absolute Gasteiger partial charge is 0.228 e. The molecule has 4 rings (SSSR count). The van der Waals surface area contributed by atoms with Gasteiger partial charge in [0.25, 0.3) is 0 Å². The van der Waals surface area contributed by atoms with Crippen LogP contribution in [0.5, 0.6) is 0 Å². The molecule has 1 saturated carbocycles. The first-order valence-corrected chi connectivity index (χ1v) is 8.36. The van der Waals surface area contributed by atoms with Crippen LogP contribution in [0.2, 0.25) is 0 Å². The molecule has 2 N–H and O–H groups in total. The highest BCUT2D eigenvalue weighted by Crippen LogP contribution is 2.33. The number of hydrogen-bond acceptors (Lipinski definition) is 6. The average molecular weight is 325 g/mol. The molecular weight excluding hydrogens is 310 g/mol. The zero-order valence-corrected chi connectivity index (χ0v) is 13.4. The van der Waals surface area contributed by atoms with Gasteiger partial charge in [-0.15, -0.1) is 11.3 Å². The Hall–Kier alpha value is -2.54. The first kappa shape index (κ1) is 14.1. The number of hydrogen-bond donors (Lipinski definition) is 2. The Bertz CT molecular complexity index is 874. The summed E-state index contributed by atoms with van der Waals surface area (Å²) in [5.74, 6) is 1.52. The summed E-state index contributed by atoms with van der Waals surface area (Å²) in [4.78, 5) is 25.1. The molecule has 1 aliphatic rings. The summed E-state index contributed by atoms with van der Waals surface area (Å²) in [7, 11) is 1.83. The number of nitrogens with zero attached hydrogens (tertiary/aromatic N) is 3. The predicted molar refractivity (Wildman–Crippen MR) is 91.5 cm³/mol. The van der Waals surface area contributed by atoms with Crippen molar-refractivity contribution in [2.24, 2.45) is 5.92 Å². The lowest BCUT2D eigenvalue weighted by Gasteiger charge is -2.10. The van der Waals surface area contributed by atoms with Gasteiger partial charge in [0.2, 0.25) is 5.91 Å². The van der Waals surface area contributed by atoms with Gasteiger partial charge in [-0.25, -0.2) is 15.0 Å². The molecule has 6 nitrogen and oxygen atoms in total. The lowest BCUT2D eigenvalue weighted by atomic mass is 10.1. The monoisotopic (exact) mass is 325 g/mol. The van der Waals surface area contributed by atoms with E-state index in [2.05, 4.69) is 25.6 Å². The molecule has 1 aliphatic carbocycles. The summed E-state index contributed by atoms with van der Waals surface area (Å²) in [5.41, 5.74) is 3.61. The zero-order chi connectivity index (χ0) is 15.8. The molecular formula is C16H15N5OS. The number of carbonyl (C=O) groups is 1. The zero-order valence-electron chi connectivity index (χ0n) is 12.5. The van der Waals surface area contributed by atoms with Crippen LogP contribution in [0.1, 0.15) is 12.8 Å². The van der Waals surface area contributed by atoms with Gasteiger partial charge in [-0.2, -0.15) is 0 Å². The van der Waals surface area contributed by atoms with Crippen LogP contribution in [0.15, 0.2) is 29.4 Å². The molecule has 3 aromatic rings. The quantitative estimate of drug-likeness (QED) is 0.770. The molecule has 7 heteroatoms. The minimum Gasteiger partial charge on any atom is -0.373 e. The second kappa shape index (κ2) is 5.58. The van der Waals surface area contributed by atoms with Crippen molar-refractivity contribution in [3.63, 3.8) is 0 Å². The van der Waals surface area contributed by atoms with Crippen LogP contribution in [0.4, 0.5) is 11.6 Å². The summed E-state index contributed by atoms with van der Waals surface area (Å²) >= 11 is 1.54. The molecule has 23 heavy (non-hydrogen) atoms. The van der Waals surface area contributed by atoms with E-state index in [1.54, 1.807) is 29.2 Å². The topological polar surface area (TPSA) is 79.8 Å². The SMILES string of the molecule is CNc1ncc(-c2cscn2)c2cc(NC(=O)C3CC3)ncc12. The van der Waals surface area contributed by atoms with Crippen LogP contribution in [-0.2, 0) is 4.79 Å². The molecule has 0 aliphatic heterocycles. The van der Waals surface area contributed by atoms with E-state index in [1.165, 1.54) is 0 Å². The van der Waals surface area contributed by atoms with Gasteiger partial charge in [0.05, 0.1) is 11.2 Å². The van der Waals surface area contributed by atoms with Crippen molar-refractivity contribution in [3.05, 3.63) is 29.4 Å². The molecule has 0 atom stereocenters. The van der Waals surface area contributed by atoms with Crippen molar-refractivity contribution in [1.29, 1.82) is 0 Å². The second-order valence-electron chi connectivity index (χ2n) is 5.52. The van der Waals surface area contributed by atoms with Crippen LogP contribution in [0.3, 0.4) is 0 Å². The van der Waals surface area contributed by atoms with Crippen LogP contribution in [-0.4, -0.2) is 27.9 Å². The van der Waals surface area contributed by atoms with Gasteiger partial charge in [0, 0.05) is 47.1 Å². The van der Waals surface area contributed by atoms with Crippen LogP contribution in [0.25, 0.3) is 22.0 Å². The maximum Gasteiger partial charge on any atom is 0.228 e. The Kier molecular flexibility index (Phi) is 3.42. The minimum absolute atomic E-state index is 0.0509. The molecule has 3 aromatic heterocycles. The van der Waals surface area contributed by atoms with Crippen molar-refractivity contribution in [2.45, 2.75) is 12.8 Å². The highest BCUT2D eigenvalue weighted by Gasteiger charge is 2.29. The molecule has 0 bridgehead atoms. The lowest BCUT2D eigenvalue weighted by Crippen LogP contribution is -2.14. The largest absolute Gasteiger partial charge is 0.373 e. The van der Waals surface area contributed by atoms with E-state index >= 15 is 0 Å². The fraction of sp³-hybridized carbons (Fsp3) is 0.250. The molecule has 0 aromatic carbocycles. The number of amides is 1. The van der Waals surface area contributed by atoms with Crippen LogP contribution >= 0.6 is 11.3 Å². The Morgan fingerprint density at radius 1 is 1.22 bits per heavy atom. The molecule has 1 fully saturated rings. The van der Waals surface area contributed by atoms with Gasteiger partial charge < -0.3 is 10.6 Å². The highest BCUT2D eigenvalue weighted by molar-refractivity contribution is 7.07. The molecule has 0 radical (unpaired) electrons. The second-order valence-corrected chi connectivity index (χ2v) is 6.24. The molecule has 3 heterocycles. The maximum absolute atomic E-state index is 12.0. The van der Waals surface area contributed by atoms with E-state index in [4.69, 9.17) is 0 Å². The minimum atomic E-state index is 0.0509. The summed E-state index contributed by atoms with van der Waals surface area (Å²) in [6.45, 7) is 0. The fourth-order valence-corrected chi connectivity index (χ4v) is 3.08. The van der Waals surface area contributed by atoms with Crippen molar-refractivity contribution >= 4 is 39.7 Å². The lowest BCUT2D eigenvalue weighted by molar-refractivity contribution is -0.117. The highest BCUT2D eigenvalue weighted by atomic mass is 32.1. The first-order chi connectivity index (χ1) is 11.3. The van der Waals surface area contributed by atoms with E-state index in [-0.39, 0.29) is 11.8 Å². The number of anilines is 2. The van der Waals surface area contributed by atoms with Crippen LogP contribution in [0, 0.1) is 5.92 Å². The van der Waals surface area contributed by atoms with Gasteiger partial charge in [0.1, 0.15) is 11.6 Å². The van der Waals surface area contributed by atoms with E-state index < -0.39 is 0 Å². The Morgan fingerprint density at radius 3 is 2.78 bits per heavy atom. The number of pyridine rings is 2. The van der Waals surface area contributed by atoms with Crippen molar-refractivity contribution in [3.8, 4) is 11.3 Å². The number of thiazole rings is 1. The molecule has 0 saturated heterocycles. The average Bonchev–Trinajstić information content (AvgIpc) is 3.29. The summed E-state index contributed by atoms with van der Waals surface area (Å²) in [5, 5.41) is 9.83. The van der Waals surface area contributed by atoms with Crippen molar-refractivity contribution < 1.29 is 4.79 Å². The van der Waals surface area contributed by atoms with Crippen molar-refractivity contribution in [1.82, 2.24) is 15.0 Å². The Labute approximate surface area is 137 Å². The van der Waals surface area contributed by atoms with Gasteiger partial charge in [-0.1, -0.05) is 0 Å². The van der Waals surface area contributed by atoms with E-state index in [1.807, 2.05) is 18.5 Å². The summed E-state index contributed by atoms with van der Waals surface area (Å²) < 4.78 is 0. The van der Waals surface area contributed by atoms with E-state index in [0.29, 0.717) is 5.82 Å². The normalized spacial score (nSPS) is 14.0. The third-order valence-corrected chi connectivity index (χ3v) is 4.50. The Morgan fingerprint density at radius 2 is 2.09 bits per heavy atom. The van der Waals surface area contributed by atoms with Gasteiger partial charge >= 0.3 is 0 Å². The van der Waals surface area contributed by atoms with Gasteiger partial charge in [-0.3, -0.25) is 4.79 Å². The van der Waals surface area contributed by atoms with Gasteiger partial charge in [-0.05, 0) is 18.9 Å². The number of nitrogens with one attached hydrogen (secondary N) is 2. The molecule has 0 unspecified atom stereocenters. The standard InChI is InChI=1S/C16H15N5OS/c1-17-15-12-6-18-14(21-16(22)9-2-3-9)4-10(12)11(5-19-15)13-7-23-8-20-13/h4-9H,2-3H2,1H3,(H,17,19)(H,18,21,22). The fourth-order valence-electron chi connectivity index (χ4n) is 2.53. The van der Waals surface area contributed by atoms with Crippen molar-refractivity contribution in [2.75, 3.05) is 17.7 Å². The predicted octanol–water partition coefficient (Wildman–Crippen LogP) is 3.14. The number of fused-ring (bicyclic) bond motifs is 1. The molecule has 0 spiro atoms. The number of carbonyl (C=O) groups excluding carboxylic acids is 1. The van der Waals surface area contributed by atoms with Crippen LogP contribution < -0.4 is 10.6 Å². The summed E-state index contributed by atoms with van der Waals surface area (Å²) in [6, 6.07) is 1.90. The van der Waals surface area contributed by atoms with E-state index in [0.717, 1.165) is 40.7 Å². The Balaban J connectivity index is 1.83. The third-order valence-electron chi connectivity index (χ3n) is 3.92. The third kappa shape index (κ3) is 2.63. The van der Waals surface area contributed by atoms with Gasteiger partial charge in [0.15, 0.2) is 0 Å². The summed E-state index contributed by atoms with van der Waals surface area (Å²) in [6.07, 6.45) is 5.48. The molecule has 1 amide bonds. The first-order valence-electron chi connectivity index (χ1n) is 7.42. The molecule has 116 valence electrons. The van der Waals surface area contributed by atoms with E-state index in [9.17, 15) is 4.79 Å².